The van der Waals surface area contributed by atoms with Gasteiger partial charge >= 0.3 is 0 Å². The Labute approximate surface area is 238 Å². The number of rotatable bonds is 25. The van der Waals surface area contributed by atoms with E-state index in [0.29, 0.717) is 52.1 Å². The molecule has 9 heteroatoms. The lowest BCUT2D eigenvalue weighted by Crippen LogP contribution is -2.33. The maximum atomic E-state index is 11.2. The van der Waals surface area contributed by atoms with Crippen LogP contribution in [-0.2, 0) is 38.0 Å². The van der Waals surface area contributed by atoms with E-state index in [-0.39, 0.29) is 54.7 Å². The summed E-state index contributed by atoms with van der Waals surface area (Å²) in [5.41, 5.74) is 0. The van der Waals surface area contributed by atoms with Crippen molar-refractivity contribution in [1.29, 1.82) is 0 Å². The Morgan fingerprint density at radius 2 is 0.897 bits per heavy atom. The number of nitrogens with one attached hydrogen (secondary N) is 1. The van der Waals surface area contributed by atoms with E-state index in [1.165, 1.54) is 6.08 Å². The van der Waals surface area contributed by atoms with Gasteiger partial charge in [0.05, 0.1) is 88.5 Å². The maximum Gasteiger partial charge on any atom is 0.243 e. The Bertz CT molecular complexity index is 620. The lowest BCUT2D eigenvalue weighted by atomic mass is 10.1. The van der Waals surface area contributed by atoms with Crippen LogP contribution in [0.5, 0.6) is 0 Å². The Balaban J connectivity index is 3.91. The molecule has 9 nitrogen and oxygen atoms in total. The van der Waals surface area contributed by atoms with Crippen LogP contribution in [0.1, 0.15) is 75.7 Å². The number of hydrogen-bond acceptors (Lipinski definition) is 8. The minimum Gasteiger partial charge on any atom is -0.374 e. The predicted octanol–water partition coefficient (Wildman–Crippen LogP) is 4.56. The minimum atomic E-state index is -0.209. The molecule has 39 heavy (non-hydrogen) atoms. The van der Waals surface area contributed by atoms with Crippen molar-refractivity contribution in [2.75, 3.05) is 46.2 Å². The summed E-state index contributed by atoms with van der Waals surface area (Å²) in [6.07, 6.45) is 2.17. The fraction of sp³-hybridized carbons (Fsp3) is 0.900. The van der Waals surface area contributed by atoms with E-state index >= 15 is 0 Å². The lowest BCUT2D eigenvalue weighted by Gasteiger charge is -2.24. The van der Waals surface area contributed by atoms with E-state index in [4.69, 9.17) is 33.2 Å². The normalized spacial score (nSPS) is 18.1. The number of carbonyl (C=O) groups is 1. The summed E-state index contributed by atoms with van der Waals surface area (Å²) in [5, 5.41) is 2.71. The Morgan fingerprint density at radius 3 is 1.23 bits per heavy atom. The van der Waals surface area contributed by atoms with Crippen molar-refractivity contribution < 1.29 is 38.0 Å². The first-order chi connectivity index (χ1) is 18.3. The Morgan fingerprint density at radius 1 is 0.564 bits per heavy atom. The molecule has 0 bridgehead atoms. The third kappa shape index (κ3) is 23.3. The Kier molecular flexibility index (Phi) is 22.0. The van der Waals surface area contributed by atoms with Gasteiger partial charge in [0.1, 0.15) is 0 Å². The van der Waals surface area contributed by atoms with Crippen molar-refractivity contribution in [1.82, 2.24) is 5.32 Å². The maximum absolute atomic E-state index is 11.2. The minimum absolute atomic E-state index is 0.0189. The zero-order chi connectivity index (χ0) is 29.8. The van der Waals surface area contributed by atoms with E-state index in [2.05, 4.69) is 32.7 Å². The monoisotopic (exact) mass is 561 g/mol. The standard InChI is InChI=1S/C30H59NO8/c1-12-30(32)31-14-23(5)33-15-24(6)34-16-25(7)35-17-26(8)36-18-27(9)37-19-28(10)38-20-29(11)39-22(4)13-21(2)3/h12,21-29H,1,13-20H2,2-11H3,(H,31,32). The van der Waals surface area contributed by atoms with Crippen LogP contribution in [-0.4, -0.2) is 101 Å². The third-order valence-corrected chi connectivity index (χ3v) is 5.71. The highest BCUT2D eigenvalue weighted by molar-refractivity contribution is 5.86. The molecular formula is C30H59NO8. The van der Waals surface area contributed by atoms with Gasteiger partial charge in [-0.25, -0.2) is 0 Å². The summed E-state index contributed by atoms with van der Waals surface area (Å²) >= 11 is 0. The molecule has 0 aromatic heterocycles. The molecule has 1 N–H and O–H groups in total. The van der Waals surface area contributed by atoms with Crippen molar-refractivity contribution >= 4 is 5.91 Å². The fourth-order valence-corrected chi connectivity index (χ4v) is 3.57. The summed E-state index contributed by atoms with van der Waals surface area (Å²) in [4.78, 5) is 11.2. The number of ether oxygens (including phenoxy) is 7. The predicted molar refractivity (Wildman–Crippen MR) is 155 cm³/mol. The van der Waals surface area contributed by atoms with Gasteiger partial charge in [-0.2, -0.15) is 0 Å². The largest absolute Gasteiger partial charge is 0.374 e. The van der Waals surface area contributed by atoms with Gasteiger partial charge in [0.15, 0.2) is 0 Å². The summed E-state index contributed by atoms with van der Waals surface area (Å²) < 4.78 is 41.1. The number of carbonyl (C=O) groups excluding carboxylic acids is 1. The molecule has 8 unspecified atom stereocenters. The van der Waals surface area contributed by atoms with Crippen LogP contribution in [0.3, 0.4) is 0 Å². The quantitative estimate of drug-likeness (QED) is 0.162. The average Bonchev–Trinajstić information content (AvgIpc) is 2.88. The van der Waals surface area contributed by atoms with Gasteiger partial charge in [-0.3, -0.25) is 4.79 Å². The van der Waals surface area contributed by atoms with Crippen LogP contribution in [0.15, 0.2) is 12.7 Å². The first-order valence-electron chi connectivity index (χ1n) is 14.6. The van der Waals surface area contributed by atoms with Crippen LogP contribution >= 0.6 is 0 Å². The highest BCUT2D eigenvalue weighted by Gasteiger charge is 2.15. The molecule has 232 valence electrons. The van der Waals surface area contributed by atoms with E-state index in [0.717, 1.165) is 6.42 Å². The summed E-state index contributed by atoms with van der Waals surface area (Å²) in [5.74, 6) is 0.412. The molecule has 0 radical (unpaired) electrons. The van der Waals surface area contributed by atoms with Gasteiger partial charge in [-0.1, -0.05) is 20.4 Å². The fourth-order valence-electron chi connectivity index (χ4n) is 3.57. The molecule has 8 atom stereocenters. The molecule has 0 rings (SSSR count). The topological polar surface area (TPSA) is 93.7 Å². The van der Waals surface area contributed by atoms with Gasteiger partial charge in [0.25, 0.3) is 0 Å². The van der Waals surface area contributed by atoms with Crippen molar-refractivity contribution in [2.24, 2.45) is 5.92 Å². The molecule has 0 aromatic rings. The molecule has 0 saturated heterocycles. The molecule has 0 spiro atoms. The van der Waals surface area contributed by atoms with E-state index in [9.17, 15) is 4.79 Å². The van der Waals surface area contributed by atoms with Crippen molar-refractivity contribution in [3.8, 4) is 0 Å². The van der Waals surface area contributed by atoms with Gasteiger partial charge < -0.3 is 38.5 Å². The second-order valence-electron chi connectivity index (χ2n) is 11.2. The van der Waals surface area contributed by atoms with Crippen LogP contribution in [0.2, 0.25) is 0 Å². The molecule has 0 aromatic carbocycles. The van der Waals surface area contributed by atoms with Gasteiger partial charge in [-0.15, -0.1) is 0 Å². The Hall–Kier alpha value is -1.07. The molecule has 0 aliphatic rings. The highest BCUT2D eigenvalue weighted by Crippen LogP contribution is 2.11. The highest BCUT2D eigenvalue weighted by atomic mass is 16.6. The van der Waals surface area contributed by atoms with Crippen molar-refractivity contribution in [2.45, 2.75) is 124 Å². The third-order valence-electron chi connectivity index (χ3n) is 5.71. The summed E-state index contributed by atoms with van der Waals surface area (Å²) in [6, 6.07) is 0. The molecular weight excluding hydrogens is 502 g/mol. The molecule has 0 aliphatic heterocycles. The number of hydrogen-bond donors (Lipinski definition) is 1. The molecule has 0 heterocycles. The lowest BCUT2D eigenvalue weighted by molar-refractivity contribution is -0.117. The van der Waals surface area contributed by atoms with E-state index in [1.54, 1.807) is 0 Å². The van der Waals surface area contributed by atoms with E-state index in [1.807, 2.05) is 48.5 Å². The second kappa shape index (κ2) is 22.6. The number of amides is 1. The average molecular weight is 562 g/mol. The van der Waals surface area contributed by atoms with Crippen LogP contribution in [0, 0.1) is 5.92 Å². The van der Waals surface area contributed by atoms with Crippen molar-refractivity contribution in [3.63, 3.8) is 0 Å². The zero-order valence-corrected chi connectivity index (χ0v) is 26.4. The van der Waals surface area contributed by atoms with Gasteiger partial charge in [-0.05, 0) is 73.8 Å². The van der Waals surface area contributed by atoms with Crippen LogP contribution in [0.25, 0.3) is 0 Å². The van der Waals surface area contributed by atoms with Gasteiger partial charge in [0.2, 0.25) is 5.91 Å². The zero-order valence-electron chi connectivity index (χ0n) is 26.4. The molecule has 0 saturated carbocycles. The first-order valence-corrected chi connectivity index (χ1v) is 14.6. The SMILES string of the molecule is C=CC(=O)NCC(C)OCC(C)OCC(C)OCC(C)OCC(C)OCC(C)OCC(C)OC(C)CC(C)C. The van der Waals surface area contributed by atoms with Crippen molar-refractivity contribution in [3.05, 3.63) is 12.7 Å². The molecule has 1 amide bonds. The van der Waals surface area contributed by atoms with Crippen LogP contribution < -0.4 is 5.32 Å². The first kappa shape index (κ1) is 37.9. The smallest absolute Gasteiger partial charge is 0.243 e. The molecule has 0 fully saturated rings. The van der Waals surface area contributed by atoms with Crippen LogP contribution in [0.4, 0.5) is 0 Å². The molecule has 0 aliphatic carbocycles. The summed E-state index contributed by atoms with van der Waals surface area (Å²) in [6.45, 7) is 27.1. The van der Waals surface area contributed by atoms with E-state index < -0.39 is 0 Å². The van der Waals surface area contributed by atoms with Gasteiger partial charge in [0, 0.05) is 6.54 Å². The second-order valence-corrected chi connectivity index (χ2v) is 11.2. The summed E-state index contributed by atoms with van der Waals surface area (Å²) in [7, 11) is 0.